The van der Waals surface area contributed by atoms with E-state index in [4.69, 9.17) is 13.8 Å². The molecule has 0 spiro atoms. The van der Waals surface area contributed by atoms with Crippen LogP contribution in [0.25, 0.3) is 82.7 Å². The van der Waals surface area contributed by atoms with Gasteiger partial charge in [0.1, 0.15) is 28.0 Å². The van der Waals surface area contributed by atoms with E-state index < -0.39 is 0 Å². The average Bonchev–Trinajstić information content (AvgIpc) is 3.68. The zero-order valence-corrected chi connectivity index (χ0v) is 20.8. The van der Waals surface area contributed by atoms with Crippen LogP contribution in [-0.2, 0) is 0 Å². The van der Waals surface area contributed by atoms with E-state index in [1.54, 1.807) is 0 Å². The third-order valence-corrected chi connectivity index (χ3v) is 7.81. The minimum atomic E-state index is 0.850. The van der Waals surface area contributed by atoms with Gasteiger partial charge in [-0.15, -0.1) is 0 Å². The first kappa shape index (κ1) is 20.7. The van der Waals surface area contributed by atoms with Gasteiger partial charge in [-0.25, -0.2) is 4.98 Å². The lowest BCUT2D eigenvalue weighted by Crippen LogP contribution is -1.83. The summed E-state index contributed by atoms with van der Waals surface area (Å²) in [4.78, 5) is 4.78. The number of rotatable bonds is 2. The molecule has 4 heteroatoms. The summed E-state index contributed by atoms with van der Waals surface area (Å²) in [5.74, 6) is 0. The van der Waals surface area contributed by atoms with Crippen LogP contribution in [0, 0.1) is 0 Å². The molecule has 39 heavy (non-hydrogen) atoms. The molecular weight excluding hydrogens is 480 g/mol. The second kappa shape index (κ2) is 7.59. The number of hydrogen-bond donors (Lipinski definition) is 0. The van der Waals surface area contributed by atoms with Gasteiger partial charge >= 0.3 is 0 Å². The van der Waals surface area contributed by atoms with E-state index in [1.165, 1.54) is 5.39 Å². The summed E-state index contributed by atoms with van der Waals surface area (Å²) in [6.45, 7) is 0. The van der Waals surface area contributed by atoms with Gasteiger partial charge in [0.25, 0.3) is 0 Å². The van der Waals surface area contributed by atoms with Crippen molar-refractivity contribution < 1.29 is 8.83 Å². The summed E-state index contributed by atoms with van der Waals surface area (Å²) in [7, 11) is 0. The van der Waals surface area contributed by atoms with E-state index in [-0.39, 0.29) is 0 Å². The molecule has 4 heterocycles. The molecule has 0 saturated heterocycles. The highest BCUT2D eigenvalue weighted by molar-refractivity contribution is 6.19. The minimum absolute atomic E-state index is 0.850. The number of hydrogen-bond acceptors (Lipinski definition) is 3. The van der Waals surface area contributed by atoms with Crippen LogP contribution in [0.15, 0.2) is 130 Å². The van der Waals surface area contributed by atoms with Crippen molar-refractivity contribution in [3.63, 3.8) is 0 Å². The molecule has 0 radical (unpaired) electrons. The van der Waals surface area contributed by atoms with Crippen molar-refractivity contribution in [2.45, 2.75) is 0 Å². The number of imidazole rings is 1. The first-order valence-corrected chi connectivity index (χ1v) is 13.0. The van der Waals surface area contributed by atoms with E-state index in [2.05, 4.69) is 85.1 Å². The topological polar surface area (TPSA) is 43.6 Å². The summed E-state index contributed by atoms with van der Waals surface area (Å²) in [5, 5.41) is 6.79. The Labute approximate surface area is 222 Å². The standard InChI is InChI=1S/C35H20N2O2/c1-2-8-24-21(7-1)17-28-25-9-3-4-10-30(25)39-35(28)34(24)23-13-15-27-26-14-12-22(18-31(26)38-32(27)19-23)29-20-37-16-6-5-11-33(37)36-29/h1-20H. The quantitative estimate of drug-likeness (QED) is 0.237. The van der Waals surface area contributed by atoms with Crippen LogP contribution in [-0.4, -0.2) is 9.38 Å². The maximum atomic E-state index is 6.47. The third kappa shape index (κ3) is 2.97. The first-order valence-electron chi connectivity index (χ1n) is 13.0. The van der Waals surface area contributed by atoms with Gasteiger partial charge in [0.2, 0.25) is 0 Å². The zero-order chi connectivity index (χ0) is 25.5. The Bertz CT molecular complexity index is 2370. The maximum Gasteiger partial charge on any atom is 0.143 e. The summed E-state index contributed by atoms with van der Waals surface area (Å²) in [6, 6.07) is 37.8. The van der Waals surface area contributed by atoms with Gasteiger partial charge in [-0.05, 0) is 64.9 Å². The molecule has 4 nitrogen and oxygen atoms in total. The molecule has 0 aliphatic heterocycles. The van der Waals surface area contributed by atoms with Crippen molar-refractivity contribution in [3.8, 4) is 22.4 Å². The van der Waals surface area contributed by atoms with Gasteiger partial charge in [-0.3, -0.25) is 0 Å². The van der Waals surface area contributed by atoms with Gasteiger partial charge in [0.05, 0.1) is 5.69 Å². The number of pyridine rings is 1. The van der Waals surface area contributed by atoms with Crippen molar-refractivity contribution in [1.29, 1.82) is 0 Å². The Morgan fingerprint density at radius 3 is 2.13 bits per heavy atom. The maximum absolute atomic E-state index is 6.47. The molecule has 9 aromatic rings. The molecule has 0 saturated carbocycles. The van der Waals surface area contributed by atoms with E-state index in [9.17, 15) is 0 Å². The fourth-order valence-corrected chi connectivity index (χ4v) is 5.97. The highest BCUT2D eigenvalue weighted by Crippen LogP contribution is 2.42. The molecule has 0 aliphatic rings. The van der Waals surface area contributed by atoms with Gasteiger partial charge in [0.15, 0.2) is 0 Å². The number of para-hydroxylation sites is 1. The molecule has 0 bridgehead atoms. The molecule has 5 aromatic carbocycles. The normalized spacial score (nSPS) is 12.1. The van der Waals surface area contributed by atoms with E-state index in [1.807, 2.05) is 40.9 Å². The summed E-state index contributed by atoms with van der Waals surface area (Å²) >= 11 is 0. The summed E-state index contributed by atoms with van der Waals surface area (Å²) in [6.07, 6.45) is 4.07. The Balaban J connectivity index is 1.27. The number of fused-ring (bicyclic) bond motifs is 8. The van der Waals surface area contributed by atoms with Gasteiger partial charge in [0, 0.05) is 45.1 Å². The molecule has 182 valence electrons. The highest BCUT2D eigenvalue weighted by atomic mass is 16.3. The van der Waals surface area contributed by atoms with Crippen molar-refractivity contribution >= 4 is 60.3 Å². The minimum Gasteiger partial charge on any atom is -0.456 e. The largest absolute Gasteiger partial charge is 0.456 e. The Morgan fingerprint density at radius 2 is 1.26 bits per heavy atom. The van der Waals surface area contributed by atoms with Crippen LogP contribution in [0.2, 0.25) is 0 Å². The fraction of sp³-hybridized carbons (Fsp3) is 0. The second-order valence-corrected chi connectivity index (χ2v) is 10.1. The molecule has 0 unspecified atom stereocenters. The SMILES string of the molecule is c1ccc2c(-c3ccc4c(c3)oc3cc(-c5cn6ccccc6n5)ccc34)c3oc4ccccc4c3cc2c1. The monoisotopic (exact) mass is 500 g/mol. The molecule has 0 atom stereocenters. The van der Waals surface area contributed by atoms with Crippen molar-refractivity contribution in [2.24, 2.45) is 0 Å². The summed E-state index contributed by atoms with van der Waals surface area (Å²) in [5.41, 5.74) is 8.54. The second-order valence-electron chi connectivity index (χ2n) is 10.1. The Hall–Kier alpha value is -5.35. The fourth-order valence-electron chi connectivity index (χ4n) is 5.97. The molecule has 0 amide bonds. The Kier molecular flexibility index (Phi) is 4.02. The van der Waals surface area contributed by atoms with Crippen molar-refractivity contribution in [2.75, 3.05) is 0 Å². The van der Waals surface area contributed by atoms with Crippen LogP contribution in [0.3, 0.4) is 0 Å². The van der Waals surface area contributed by atoms with Crippen molar-refractivity contribution in [1.82, 2.24) is 9.38 Å². The highest BCUT2D eigenvalue weighted by Gasteiger charge is 2.18. The van der Waals surface area contributed by atoms with Crippen LogP contribution >= 0.6 is 0 Å². The lowest BCUT2D eigenvalue weighted by Gasteiger charge is -2.08. The van der Waals surface area contributed by atoms with Crippen molar-refractivity contribution in [3.05, 3.63) is 122 Å². The average molecular weight is 501 g/mol. The van der Waals surface area contributed by atoms with Crippen LogP contribution in [0.1, 0.15) is 0 Å². The lowest BCUT2D eigenvalue weighted by atomic mass is 9.94. The summed E-state index contributed by atoms with van der Waals surface area (Å²) < 4.78 is 15.0. The van der Waals surface area contributed by atoms with Crippen LogP contribution < -0.4 is 0 Å². The van der Waals surface area contributed by atoms with Crippen LogP contribution in [0.5, 0.6) is 0 Å². The smallest absolute Gasteiger partial charge is 0.143 e. The number of furan rings is 2. The number of aromatic nitrogens is 2. The van der Waals surface area contributed by atoms with Gasteiger partial charge in [-0.1, -0.05) is 60.7 Å². The number of nitrogens with zero attached hydrogens (tertiary/aromatic N) is 2. The number of benzene rings is 5. The molecule has 0 fully saturated rings. The van der Waals surface area contributed by atoms with E-state index in [0.29, 0.717) is 0 Å². The predicted molar refractivity (Wildman–Crippen MR) is 158 cm³/mol. The molecule has 0 aliphatic carbocycles. The van der Waals surface area contributed by atoms with Crippen LogP contribution in [0.4, 0.5) is 0 Å². The molecule has 0 N–H and O–H groups in total. The van der Waals surface area contributed by atoms with Gasteiger partial charge in [-0.2, -0.15) is 0 Å². The first-order chi connectivity index (χ1) is 19.3. The van der Waals surface area contributed by atoms with E-state index >= 15 is 0 Å². The Morgan fingerprint density at radius 1 is 0.538 bits per heavy atom. The molecular formula is C35H20N2O2. The molecule has 9 rings (SSSR count). The van der Waals surface area contributed by atoms with E-state index in [0.717, 1.165) is 77.3 Å². The third-order valence-electron chi connectivity index (χ3n) is 7.81. The van der Waals surface area contributed by atoms with Gasteiger partial charge < -0.3 is 13.2 Å². The molecule has 4 aromatic heterocycles. The lowest BCUT2D eigenvalue weighted by molar-refractivity contribution is 0.668. The predicted octanol–water partition coefficient (Wildman–Crippen LogP) is 9.62. The zero-order valence-electron chi connectivity index (χ0n) is 20.8.